The average Bonchev–Trinajstić information content (AvgIpc) is 0.902. The SMILES string of the molecule is CCCCCCCCCCCCCCCCCCCCCCCCC(=O)O[C@H](COC(=O)CCCCCCCCCCCCCCCCCC(C)C)COP(=O)(O)OC[C@@H](O)COP(=O)(O)OC[C@@H](COC(=O)CCCCCCCCCC(C)C)OC(=O)CCCCCCCCCCCCCCCCC(C)C. The fourth-order valence-corrected chi connectivity index (χ4v) is 15.3. The van der Waals surface area contributed by atoms with E-state index in [2.05, 4.69) is 48.5 Å². The molecule has 17 nitrogen and oxygen atoms in total. The Morgan fingerprint density at radius 3 is 0.636 bits per heavy atom. The maximum Gasteiger partial charge on any atom is 0.472 e. The molecule has 0 amide bonds. The van der Waals surface area contributed by atoms with Crippen LogP contribution >= 0.6 is 15.6 Å². The highest BCUT2D eigenvalue weighted by atomic mass is 31.2. The Balaban J connectivity index is 5.22. The summed E-state index contributed by atoms with van der Waals surface area (Å²) >= 11 is 0. The van der Waals surface area contributed by atoms with Crippen LogP contribution in [-0.4, -0.2) is 96.7 Å². The van der Waals surface area contributed by atoms with Crippen LogP contribution in [0.5, 0.6) is 0 Å². The van der Waals surface area contributed by atoms with Crippen molar-refractivity contribution in [1.82, 2.24) is 0 Å². The van der Waals surface area contributed by atoms with E-state index in [4.69, 9.17) is 37.0 Å². The Morgan fingerprint density at radius 1 is 0.252 bits per heavy atom. The van der Waals surface area contributed by atoms with Crippen LogP contribution < -0.4 is 0 Å². The third-order valence-electron chi connectivity index (χ3n) is 20.6. The quantitative estimate of drug-likeness (QED) is 0.0222. The van der Waals surface area contributed by atoms with Gasteiger partial charge in [-0.15, -0.1) is 0 Å². The van der Waals surface area contributed by atoms with Crippen molar-refractivity contribution in [1.29, 1.82) is 0 Å². The minimum Gasteiger partial charge on any atom is -0.462 e. The topological polar surface area (TPSA) is 237 Å². The standard InChI is InChI=1S/C88H172O17P2/c1-8-9-10-11-12-13-14-15-16-17-18-19-20-21-22-25-32-37-42-49-57-64-71-87(92)104-83(75-98-85(90)69-62-55-48-41-36-31-26-23-24-29-34-39-45-52-59-66-79(2)3)77-102-106(94,95)100-73-82(89)74-101-107(96,97)103-78-84(76-99-86(91)70-63-56-51-44-47-54-61-68-81(6)7)105-88(93)72-65-58-50-43-38-33-28-27-30-35-40-46-53-60-67-80(4)5/h79-84,89H,8-78H2,1-7H3,(H,94,95)(H,96,97)/t82-,83-,84-/m1/s1. The predicted molar refractivity (Wildman–Crippen MR) is 441 cm³/mol. The van der Waals surface area contributed by atoms with E-state index < -0.39 is 97.5 Å². The third-order valence-corrected chi connectivity index (χ3v) is 22.5. The molecule has 0 fully saturated rings. The van der Waals surface area contributed by atoms with Gasteiger partial charge in [-0.3, -0.25) is 37.3 Å². The highest BCUT2D eigenvalue weighted by Gasteiger charge is 2.31. The number of aliphatic hydroxyl groups excluding tert-OH is 1. The van der Waals surface area contributed by atoms with Crippen molar-refractivity contribution in [2.45, 2.75) is 484 Å². The molecule has 0 aromatic rings. The summed E-state index contributed by atoms with van der Waals surface area (Å²) in [5.41, 5.74) is 0. The molecule has 107 heavy (non-hydrogen) atoms. The minimum absolute atomic E-state index is 0.107. The number of hydrogen-bond acceptors (Lipinski definition) is 15. The van der Waals surface area contributed by atoms with Crippen LogP contribution in [0, 0.1) is 17.8 Å². The number of phosphoric acid groups is 2. The highest BCUT2D eigenvalue weighted by Crippen LogP contribution is 2.45. The van der Waals surface area contributed by atoms with Gasteiger partial charge in [0.1, 0.15) is 19.3 Å². The summed E-state index contributed by atoms with van der Waals surface area (Å²) < 4.78 is 68.9. The lowest BCUT2D eigenvalue weighted by Gasteiger charge is -2.21. The van der Waals surface area contributed by atoms with Crippen molar-refractivity contribution in [2.24, 2.45) is 17.8 Å². The summed E-state index contributed by atoms with van der Waals surface area (Å²) in [6.07, 6.45) is 69.6. The Bertz CT molecular complexity index is 2060. The summed E-state index contributed by atoms with van der Waals surface area (Å²) in [7, 11) is -9.93. The summed E-state index contributed by atoms with van der Waals surface area (Å²) in [6.45, 7) is 12.0. The van der Waals surface area contributed by atoms with Crippen molar-refractivity contribution in [3.63, 3.8) is 0 Å². The van der Waals surface area contributed by atoms with E-state index in [1.54, 1.807) is 0 Å². The van der Waals surface area contributed by atoms with Gasteiger partial charge in [0, 0.05) is 25.7 Å². The monoisotopic (exact) mass is 1560 g/mol. The summed E-state index contributed by atoms with van der Waals surface area (Å²) in [4.78, 5) is 73.3. The maximum absolute atomic E-state index is 13.2. The van der Waals surface area contributed by atoms with E-state index >= 15 is 0 Å². The molecule has 0 aliphatic heterocycles. The van der Waals surface area contributed by atoms with Crippen molar-refractivity contribution in [3.8, 4) is 0 Å². The number of carbonyl (C=O) groups excluding carboxylic acids is 4. The lowest BCUT2D eigenvalue weighted by molar-refractivity contribution is -0.161. The van der Waals surface area contributed by atoms with Crippen molar-refractivity contribution >= 4 is 39.5 Å². The molecular formula is C88H172O17P2. The van der Waals surface area contributed by atoms with E-state index in [9.17, 15) is 43.2 Å². The first-order valence-electron chi connectivity index (χ1n) is 45.3. The molecule has 636 valence electrons. The van der Waals surface area contributed by atoms with E-state index in [1.807, 2.05) is 0 Å². The molecular weight excluding hydrogens is 1390 g/mol. The zero-order valence-electron chi connectivity index (χ0n) is 70.6. The van der Waals surface area contributed by atoms with Gasteiger partial charge in [-0.2, -0.15) is 0 Å². The first-order chi connectivity index (χ1) is 51.7. The second kappa shape index (κ2) is 78.0. The number of phosphoric ester groups is 2. The molecule has 0 aliphatic carbocycles. The van der Waals surface area contributed by atoms with Crippen molar-refractivity contribution < 1.29 is 80.2 Å². The fraction of sp³-hybridized carbons (Fsp3) is 0.955. The van der Waals surface area contributed by atoms with E-state index in [1.165, 1.54) is 270 Å². The molecule has 0 aliphatic rings. The van der Waals surface area contributed by atoms with Crippen molar-refractivity contribution in [2.75, 3.05) is 39.6 Å². The zero-order chi connectivity index (χ0) is 78.6. The van der Waals surface area contributed by atoms with Crippen LogP contribution in [0.4, 0.5) is 0 Å². The molecule has 19 heteroatoms. The number of aliphatic hydroxyl groups is 1. The zero-order valence-corrected chi connectivity index (χ0v) is 72.4. The molecule has 0 saturated carbocycles. The van der Waals surface area contributed by atoms with Crippen LogP contribution in [0.3, 0.4) is 0 Å². The van der Waals surface area contributed by atoms with Gasteiger partial charge in [0.15, 0.2) is 12.2 Å². The summed E-state index contributed by atoms with van der Waals surface area (Å²) in [5.74, 6) is 0.202. The summed E-state index contributed by atoms with van der Waals surface area (Å²) in [5, 5.41) is 10.7. The second-order valence-electron chi connectivity index (χ2n) is 33.1. The smallest absolute Gasteiger partial charge is 0.462 e. The first-order valence-corrected chi connectivity index (χ1v) is 48.3. The summed E-state index contributed by atoms with van der Waals surface area (Å²) in [6, 6.07) is 0. The average molecular weight is 1560 g/mol. The van der Waals surface area contributed by atoms with Gasteiger partial charge in [0.25, 0.3) is 0 Å². The lowest BCUT2D eigenvalue weighted by atomic mass is 10.0. The molecule has 3 N–H and O–H groups in total. The molecule has 0 spiro atoms. The highest BCUT2D eigenvalue weighted by molar-refractivity contribution is 7.47. The maximum atomic E-state index is 13.2. The molecule has 2 unspecified atom stereocenters. The van der Waals surface area contributed by atoms with Gasteiger partial charge in [-0.05, 0) is 43.4 Å². The van der Waals surface area contributed by atoms with E-state index in [0.717, 1.165) is 108 Å². The van der Waals surface area contributed by atoms with Crippen molar-refractivity contribution in [3.05, 3.63) is 0 Å². The Hall–Kier alpha value is -1.94. The van der Waals surface area contributed by atoms with E-state index in [-0.39, 0.29) is 25.7 Å². The molecule has 0 bridgehead atoms. The van der Waals surface area contributed by atoms with Crippen LogP contribution in [0.25, 0.3) is 0 Å². The van der Waals surface area contributed by atoms with Crippen LogP contribution in [0.15, 0.2) is 0 Å². The fourth-order valence-electron chi connectivity index (χ4n) is 13.7. The molecule has 0 radical (unpaired) electrons. The molecule has 0 rings (SSSR count). The van der Waals surface area contributed by atoms with Gasteiger partial charge in [0.2, 0.25) is 0 Å². The largest absolute Gasteiger partial charge is 0.472 e. The second-order valence-corrected chi connectivity index (χ2v) is 36.0. The number of rotatable bonds is 86. The predicted octanol–water partition coefficient (Wildman–Crippen LogP) is 26.9. The third kappa shape index (κ3) is 81.9. The molecule has 0 aromatic carbocycles. The lowest BCUT2D eigenvalue weighted by Crippen LogP contribution is -2.30. The van der Waals surface area contributed by atoms with E-state index in [0.29, 0.717) is 31.6 Å². The van der Waals surface area contributed by atoms with Crippen LogP contribution in [0.1, 0.15) is 466 Å². The Morgan fingerprint density at radius 2 is 0.430 bits per heavy atom. The molecule has 0 aromatic heterocycles. The van der Waals surface area contributed by atoms with Gasteiger partial charge in [-0.25, -0.2) is 9.13 Å². The molecule has 0 saturated heterocycles. The van der Waals surface area contributed by atoms with Crippen LogP contribution in [0.2, 0.25) is 0 Å². The number of esters is 4. The number of hydrogen-bond donors (Lipinski definition) is 3. The minimum atomic E-state index is -4.97. The number of ether oxygens (including phenoxy) is 4. The first kappa shape index (κ1) is 105. The van der Waals surface area contributed by atoms with Gasteiger partial charge >= 0.3 is 39.5 Å². The number of unbranched alkanes of at least 4 members (excludes halogenated alkanes) is 54. The Labute approximate surface area is 658 Å². The molecule has 5 atom stereocenters. The number of carbonyl (C=O) groups is 4. The van der Waals surface area contributed by atoms with Crippen LogP contribution in [-0.2, 0) is 65.4 Å². The van der Waals surface area contributed by atoms with Gasteiger partial charge < -0.3 is 33.8 Å². The van der Waals surface area contributed by atoms with Gasteiger partial charge in [0.05, 0.1) is 26.4 Å². The normalized spacial score (nSPS) is 13.8. The molecule has 0 heterocycles. The van der Waals surface area contributed by atoms with Gasteiger partial charge in [-0.1, -0.05) is 414 Å². The Kier molecular flexibility index (Phi) is 76.6.